The lowest BCUT2D eigenvalue weighted by Crippen LogP contribution is -3.00. The Morgan fingerprint density at radius 2 is 1.00 bits per heavy atom. The minimum absolute atomic E-state index is 0. The number of halogens is 1. The van der Waals surface area contributed by atoms with Crippen LogP contribution in [0.3, 0.4) is 0 Å². The molecule has 3 rings (SSSR count). The Hall–Kier alpha value is -1.90. The molecule has 130 valence electrons. The molecule has 0 aliphatic carbocycles. The summed E-state index contributed by atoms with van der Waals surface area (Å²) in [5, 5.41) is 0. The first-order valence-electron chi connectivity index (χ1n) is 8.16. The summed E-state index contributed by atoms with van der Waals surface area (Å²) < 4.78 is 5.95. The molecule has 0 atom stereocenters. The lowest BCUT2D eigenvalue weighted by atomic mass is 10.2. The van der Waals surface area contributed by atoms with Crippen LogP contribution >= 0.6 is 0 Å². The summed E-state index contributed by atoms with van der Waals surface area (Å²) in [7, 11) is -0.102. The van der Waals surface area contributed by atoms with Gasteiger partial charge in [-0.25, -0.2) is 0 Å². The van der Waals surface area contributed by atoms with E-state index in [1.54, 1.807) is 0 Å². The molecule has 3 heteroatoms. The van der Waals surface area contributed by atoms with Gasteiger partial charge in [-0.3, -0.25) is 0 Å². The molecule has 0 radical (unpaired) electrons. The van der Waals surface area contributed by atoms with Crippen LogP contribution in [0.25, 0.3) is 0 Å². The van der Waals surface area contributed by atoms with Crippen molar-refractivity contribution in [1.29, 1.82) is 0 Å². The fourth-order valence-electron chi connectivity index (χ4n) is 2.52. The molecule has 3 aromatic carbocycles. The molecule has 1 nitrogen and oxygen atoms in total. The van der Waals surface area contributed by atoms with Gasteiger partial charge in [0.05, 0.1) is 10.9 Å². The van der Waals surface area contributed by atoms with Gasteiger partial charge in [-0.15, -0.1) is 0 Å². The summed E-state index contributed by atoms with van der Waals surface area (Å²) in [5.74, 6) is 0.913. The molecular weight excluding hydrogens is 348 g/mol. The van der Waals surface area contributed by atoms with Gasteiger partial charge in [0, 0.05) is 0 Å². The average Bonchev–Trinajstić information content (AvgIpc) is 2.57. The van der Waals surface area contributed by atoms with E-state index in [-0.39, 0.29) is 28.9 Å². The van der Waals surface area contributed by atoms with Gasteiger partial charge in [0.15, 0.2) is 14.7 Å². The number of benzene rings is 3. The molecule has 0 N–H and O–H groups in total. The van der Waals surface area contributed by atoms with E-state index < -0.39 is 0 Å². The summed E-state index contributed by atoms with van der Waals surface area (Å²) in [6.45, 7) is 6.21. The maximum absolute atomic E-state index is 5.95. The molecule has 25 heavy (non-hydrogen) atoms. The van der Waals surface area contributed by atoms with Crippen molar-refractivity contribution < 1.29 is 17.1 Å². The van der Waals surface area contributed by atoms with Crippen molar-refractivity contribution in [3.63, 3.8) is 0 Å². The SMILES string of the molecule is CC(C)(C)Oc1ccc([S+](c2ccccc2)c2ccccc2)cc1.[Cl-]. The molecule has 0 heterocycles. The molecule has 0 bridgehead atoms. The molecule has 0 amide bonds. The van der Waals surface area contributed by atoms with E-state index in [1.165, 1.54) is 14.7 Å². The number of rotatable bonds is 4. The molecule has 0 aliphatic rings. The highest BCUT2D eigenvalue weighted by molar-refractivity contribution is 7.97. The Kier molecular flexibility index (Phi) is 6.57. The van der Waals surface area contributed by atoms with E-state index in [4.69, 9.17) is 4.74 Å². The molecule has 0 spiro atoms. The van der Waals surface area contributed by atoms with Crippen molar-refractivity contribution in [1.82, 2.24) is 0 Å². The Labute approximate surface area is 159 Å². The van der Waals surface area contributed by atoms with Crippen LogP contribution < -0.4 is 17.1 Å². The summed E-state index contributed by atoms with van der Waals surface area (Å²) in [4.78, 5) is 3.95. The molecule has 0 fully saturated rings. The van der Waals surface area contributed by atoms with Gasteiger partial charge in [-0.05, 0) is 69.3 Å². The predicted octanol–water partition coefficient (Wildman–Crippen LogP) is 2.96. The van der Waals surface area contributed by atoms with E-state index >= 15 is 0 Å². The number of hydrogen-bond acceptors (Lipinski definition) is 1. The molecule has 0 aliphatic heterocycles. The normalized spacial score (nSPS) is 11.0. The highest BCUT2D eigenvalue weighted by Crippen LogP contribution is 2.32. The Bertz CT molecular complexity index is 725. The third-order valence-corrected chi connectivity index (χ3v) is 5.67. The van der Waals surface area contributed by atoms with E-state index in [9.17, 15) is 0 Å². The Morgan fingerprint density at radius 1 is 0.600 bits per heavy atom. The highest BCUT2D eigenvalue weighted by atomic mass is 35.5. The van der Waals surface area contributed by atoms with Crippen LogP contribution in [-0.2, 0) is 10.9 Å². The summed E-state index contributed by atoms with van der Waals surface area (Å²) in [6, 6.07) is 29.9. The lowest BCUT2D eigenvalue weighted by molar-refractivity contribution is -0.00000871. The minimum atomic E-state index is -0.179. The minimum Gasteiger partial charge on any atom is -1.00 e. The van der Waals surface area contributed by atoms with Gasteiger partial charge in [0.1, 0.15) is 11.4 Å². The first-order valence-corrected chi connectivity index (χ1v) is 9.39. The molecule has 0 unspecified atom stereocenters. The van der Waals surface area contributed by atoms with Crippen molar-refractivity contribution in [2.24, 2.45) is 0 Å². The van der Waals surface area contributed by atoms with Gasteiger partial charge in [0.25, 0.3) is 0 Å². The van der Waals surface area contributed by atoms with Crippen LogP contribution in [0.2, 0.25) is 0 Å². The smallest absolute Gasteiger partial charge is 0.166 e. The Morgan fingerprint density at radius 3 is 1.40 bits per heavy atom. The van der Waals surface area contributed by atoms with Crippen molar-refractivity contribution in [3.05, 3.63) is 84.9 Å². The lowest BCUT2D eigenvalue weighted by Gasteiger charge is -2.21. The third-order valence-electron chi connectivity index (χ3n) is 3.44. The van der Waals surface area contributed by atoms with Crippen molar-refractivity contribution >= 4 is 10.9 Å². The number of ether oxygens (including phenoxy) is 1. The predicted molar refractivity (Wildman–Crippen MR) is 102 cm³/mol. The van der Waals surface area contributed by atoms with E-state index in [1.807, 2.05) is 0 Å². The fourth-order valence-corrected chi connectivity index (χ4v) is 4.60. The van der Waals surface area contributed by atoms with Crippen LogP contribution in [-0.4, -0.2) is 5.60 Å². The van der Waals surface area contributed by atoms with Crippen molar-refractivity contribution in [3.8, 4) is 5.75 Å². The maximum Gasteiger partial charge on any atom is 0.166 e. The quantitative estimate of drug-likeness (QED) is 0.641. The van der Waals surface area contributed by atoms with E-state index in [2.05, 4.69) is 106 Å². The standard InChI is InChI=1S/C22H23OS.ClH/c1-22(2,3)23-18-14-16-21(17-15-18)24(19-10-6-4-7-11-19)20-12-8-5-9-13-20;/h4-17H,1-3H3;1H/q+1;/p-1. The average molecular weight is 371 g/mol. The highest BCUT2D eigenvalue weighted by Gasteiger charge is 2.28. The molecule has 0 saturated heterocycles. The van der Waals surface area contributed by atoms with Crippen molar-refractivity contribution in [2.45, 2.75) is 41.1 Å². The van der Waals surface area contributed by atoms with Gasteiger partial charge < -0.3 is 17.1 Å². The third kappa shape index (κ3) is 5.29. The summed E-state index contributed by atoms with van der Waals surface area (Å²) in [6.07, 6.45) is 0. The summed E-state index contributed by atoms with van der Waals surface area (Å²) >= 11 is 0. The van der Waals surface area contributed by atoms with Crippen LogP contribution in [0.15, 0.2) is 99.6 Å². The van der Waals surface area contributed by atoms with Crippen LogP contribution in [0.1, 0.15) is 20.8 Å². The zero-order chi connectivity index (χ0) is 17.0. The molecular formula is C22H23ClOS. The first-order chi connectivity index (χ1) is 11.5. The monoisotopic (exact) mass is 370 g/mol. The zero-order valence-electron chi connectivity index (χ0n) is 14.8. The Balaban J connectivity index is 0.00000225. The number of hydrogen-bond donors (Lipinski definition) is 0. The zero-order valence-corrected chi connectivity index (χ0v) is 16.3. The largest absolute Gasteiger partial charge is 1.00 e. The van der Waals surface area contributed by atoms with Gasteiger partial charge in [-0.1, -0.05) is 36.4 Å². The van der Waals surface area contributed by atoms with Crippen LogP contribution in [0, 0.1) is 0 Å². The second-order valence-electron chi connectivity index (χ2n) is 6.62. The van der Waals surface area contributed by atoms with Gasteiger partial charge >= 0.3 is 0 Å². The van der Waals surface area contributed by atoms with Gasteiger partial charge in [-0.2, -0.15) is 0 Å². The molecule has 3 aromatic rings. The van der Waals surface area contributed by atoms with Gasteiger partial charge in [0.2, 0.25) is 0 Å². The summed E-state index contributed by atoms with van der Waals surface area (Å²) in [5.41, 5.74) is -0.179. The van der Waals surface area contributed by atoms with E-state index in [0.29, 0.717) is 0 Å². The first kappa shape index (κ1) is 19.4. The van der Waals surface area contributed by atoms with Crippen LogP contribution in [0.4, 0.5) is 0 Å². The van der Waals surface area contributed by atoms with Crippen molar-refractivity contribution in [2.75, 3.05) is 0 Å². The molecule has 0 aromatic heterocycles. The second kappa shape index (κ2) is 8.46. The fraction of sp³-hybridized carbons (Fsp3) is 0.182. The maximum atomic E-state index is 5.95. The second-order valence-corrected chi connectivity index (χ2v) is 8.64. The van der Waals surface area contributed by atoms with Crippen LogP contribution in [0.5, 0.6) is 5.75 Å². The topological polar surface area (TPSA) is 9.23 Å². The molecule has 0 saturated carbocycles. The van der Waals surface area contributed by atoms with E-state index in [0.717, 1.165) is 5.75 Å².